The molecular formula is C21H19N7O3S. The van der Waals surface area contributed by atoms with E-state index in [1.165, 1.54) is 18.7 Å². The zero-order chi connectivity index (χ0) is 22.7. The van der Waals surface area contributed by atoms with E-state index in [1.807, 2.05) is 6.07 Å². The second kappa shape index (κ2) is 9.02. The number of ketones is 1. The van der Waals surface area contributed by atoms with E-state index in [1.54, 1.807) is 42.9 Å². The number of thiazole rings is 1. The summed E-state index contributed by atoms with van der Waals surface area (Å²) in [5.74, 6) is -0.979. The molecule has 0 radical (unpaired) electrons. The average molecular weight is 449 g/mol. The van der Waals surface area contributed by atoms with Gasteiger partial charge in [0.05, 0.1) is 30.4 Å². The first-order valence-electron chi connectivity index (χ1n) is 9.69. The number of hydrogen-bond donors (Lipinski definition) is 2. The number of hydrogen-bond acceptors (Lipinski definition) is 8. The van der Waals surface area contributed by atoms with Crippen LogP contribution in [0.4, 0.5) is 0 Å². The normalized spacial score (nSPS) is 11.8. The third kappa shape index (κ3) is 4.37. The molecule has 162 valence electrons. The summed E-state index contributed by atoms with van der Waals surface area (Å²) >= 11 is 1.14. The third-order valence-electron chi connectivity index (χ3n) is 4.72. The highest BCUT2D eigenvalue weighted by Crippen LogP contribution is 2.21. The van der Waals surface area contributed by atoms with Gasteiger partial charge in [0, 0.05) is 12.6 Å². The monoisotopic (exact) mass is 449 g/mol. The van der Waals surface area contributed by atoms with Gasteiger partial charge in [-0.05, 0) is 6.92 Å². The molecule has 4 aromatic rings. The van der Waals surface area contributed by atoms with Gasteiger partial charge >= 0.3 is 0 Å². The smallest absolute Gasteiger partial charge is 0.271 e. The summed E-state index contributed by atoms with van der Waals surface area (Å²) in [5.41, 5.74) is 1.29. The lowest BCUT2D eigenvalue weighted by Gasteiger charge is -2.11. The predicted molar refractivity (Wildman–Crippen MR) is 117 cm³/mol. The van der Waals surface area contributed by atoms with E-state index in [2.05, 4.69) is 30.7 Å². The number of aromatic nitrogens is 5. The molecule has 1 unspecified atom stereocenters. The summed E-state index contributed by atoms with van der Waals surface area (Å²) in [6.45, 7) is 1.65. The highest BCUT2D eigenvalue weighted by Gasteiger charge is 2.20. The van der Waals surface area contributed by atoms with Crippen LogP contribution in [0, 0.1) is 0 Å². The topological polar surface area (TPSA) is 132 Å². The second-order valence-electron chi connectivity index (χ2n) is 6.96. The number of aryl methyl sites for hydroxylation is 1. The predicted octanol–water partition coefficient (Wildman–Crippen LogP) is 1.92. The summed E-state index contributed by atoms with van der Waals surface area (Å²) in [7, 11) is 1.73. The average Bonchev–Trinajstić information content (AvgIpc) is 3.45. The van der Waals surface area contributed by atoms with Crippen LogP contribution in [-0.2, 0) is 7.05 Å². The quantitative estimate of drug-likeness (QED) is 0.412. The van der Waals surface area contributed by atoms with Crippen LogP contribution in [0.15, 0.2) is 49.1 Å². The highest BCUT2D eigenvalue weighted by atomic mass is 32.1. The van der Waals surface area contributed by atoms with Crippen molar-refractivity contribution in [2.45, 2.75) is 13.0 Å². The lowest BCUT2D eigenvalue weighted by Crippen LogP contribution is -2.29. The minimum absolute atomic E-state index is 0.114. The molecule has 2 amide bonds. The van der Waals surface area contributed by atoms with Gasteiger partial charge in [0.25, 0.3) is 11.8 Å². The molecule has 0 aliphatic carbocycles. The zero-order valence-corrected chi connectivity index (χ0v) is 18.1. The fourth-order valence-electron chi connectivity index (χ4n) is 3.04. The van der Waals surface area contributed by atoms with Crippen molar-refractivity contribution in [3.63, 3.8) is 0 Å². The van der Waals surface area contributed by atoms with Crippen molar-refractivity contribution in [1.29, 1.82) is 0 Å². The Hall–Kier alpha value is -3.99. The van der Waals surface area contributed by atoms with E-state index >= 15 is 0 Å². The van der Waals surface area contributed by atoms with Crippen LogP contribution in [-0.4, -0.2) is 48.9 Å². The molecule has 3 aromatic heterocycles. The van der Waals surface area contributed by atoms with Crippen LogP contribution in [0.2, 0.25) is 0 Å². The molecule has 10 nitrogen and oxygen atoms in total. The van der Waals surface area contributed by atoms with Crippen molar-refractivity contribution in [2.24, 2.45) is 7.05 Å². The molecule has 1 aromatic carbocycles. The van der Waals surface area contributed by atoms with Gasteiger partial charge in [-0.15, -0.1) is 11.3 Å². The van der Waals surface area contributed by atoms with Gasteiger partial charge in [-0.3, -0.25) is 19.1 Å². The van der Waals surface area contributed by atoms with Crippen molar-refractivity contribution >= 4 is 40.0 Å². The van der Waals surface area contributed by atoms with Gasteiger partial charge in [-0.25, -0.2) is 15.0 Å². The van der Waals surface area contributed by atoms with Gasteiger partial charge in [0.1, 0.15) is 21.9 Å². The van der Waals surface area contributed by atoms with Crippen molar-refractivity contribution in [3.8, 4) is 0 Å². The lowest BCUT2D eigenvalue weighted by molar-refractivity contribution is 0.0906. The Labute approximate surface area is 186 Å². The Morgan fingerprint density at radius 3 is 2.62 bits per heavy atom. The first-order chi connectivity index (χ1) is 15.4. The molecule has 1 atom stereocenters. The Morgan fingerprint density at radius 2 is 1.84 bits per heavy atom. The first-order valence-corrected chi connectivity index (χ1v) is 10.5. The molecule has 2 N–H and O–H groups in total. The van der Waals surface area contributed by atoms with Crippen molar-refractivity contribution in [3.05, 3.63) is 70.2 Å². The number of carbonyl (C=O) groups excluding carboxylic acids is 3. The minimum atomic E-state index is -0.457. The van der Waals surface area contributed by atoms with Crippen LogP contribution in [0.25, 0.3) is 11.0 Å². The van der Waals surface area contributed by atoms with E-state index < -0.39 is 17.9 Å². The van der Waals surface area contributed by atoms with Crippen molar-refractivity contribution < 1.29 is 14.4 Å². The SMILES string of the molecule is CC(NC(=O)c1ncnc2c1cnn2C)c1ncc(C(=O)NCC(=O)c2ccccc2)s1. The molecule has 0 fully saturated rings. The molecule has 0 aliphatic heterocycles. The molecule has 0 saturated carbocycles. The number of amides is 2. The number of fused-ring (bicyclic) bond motifs is 1. The fourth-order valence-corrected chi connectivity index (χ4v) is 3.87. The molecule has 11 heteroatoms. The standard InChI is InChI=1S/C21H19N7O3S/c1-12(27-20(31)17-14-8-26-28(2)18(14)25-11-24-17)21-23-10-16(32-21)19(30)22-9-15(29)13-6-4-3-5-7-13/h3-8,10-12H,9H2,1-2H3,(H,22,30)(H,27,31). The minimum Gasteiger partial charge on any atom is -0.344 e. The third-order valence-corrected chi connectivity index (χ3v) is 5.89. The molecule has 3 heterocycles. The maximum Gasteiger partial charge on any atom is 0.271 e. The summed E-state index contributed by atoms with van der Waals surface area (Å²) in [5, 5.41) is 10.6. The van der Waals surface area contributed by atoms with Crippen molar-refractivity contribution in [1.82, 2.24) is 35.4 Å². The number of Topliss-reactive ketones (excluding diaryl/α,β-unsaturated/α-hetero) is 1. The second-order valence-corrected chi connectivity index (χ2v) is 8.02. The molecular weight excluding hydrogens is 430 g/mol. The van der Waals surface area contributed by atoms with E-state index in [9.17, 15) is 14.4 Å². The van der Waals surface area contributed by atoms with E-state index in [0.29, 0.717) is 26.5 Å². The molecule has 0 bridgehead atoms. The van der Waals surface area contributed by atoms with E-state index in [4.69, 9.17) is 0 Å². The van der Waals surface area contributed by atoms with Crippen LogP contribution >= 0.6 is 11.3 Å². The van der Waals surface area contributed by atoms with E-state index in [-0.39, 0.29) is 18.0 Å². The number of carbonyl (C=O) groups is 3. The zero-order valence-electron chi connectivity index (χ0n) is 17.3. The number of nitrogens with zero attached hydrogens (tertiary/aromatic N) is 5. The van der Waals surface area contributed by atoms with Gasteiger partial charge < -0.3 is 10.6 Å². The first kappa shape index (κ1) is 21.2. The molecule has 4 rings (SSSR count). The lowest BCUT2D eigenvalue weighted by atomic mass is 10.1. The van der Waals surface area contributed by atoms with Gasteiger partial charge in [-0.2, -0.15) is 5.10 Å². The maximum absolute atomic E-state index is 12.7. The number of benzene rings is 1. The van der Waals surface area contributed by atoms with Crippen LogP contribution in [0.3, 0.4) is 0 Å². The fraction of sp³-hybridized carbons (Fsp3) is 0.190. The summed E-state index contributed by atoms with van der Waals surface area (Å²) < 4.78 is 1.56. The Balaban J connectivity index is 1.38. The molecule has 0 saturated heterocycles. The summed E-state index contributed by atoms with van der Waals surface area (Å²) in [6, 6.07) is 8.28. The van der Waals surface area contributed by atoms with E-state index in [0.717, 1.165) is 11.3 Å². The number of nitrogens with one attached hydrogen (secondary N) is 2. The van der Waals surface area contributed by atoms with Gasteiger partial charge in [-0.1, -0.05) is 30.3 Å². The largest absolute Gasteiger partial charge is 0.344 e. The Morgan fingerprint density at radius 1 is 1.06 bits per heavy atom. The van der Waals surface area contributed by atoms with Gasteiger partial charge in [0.2, 0.25) is 0 Å². The summed E-state index contributed by atoms with van der Waals surface area (Å²) in [6.07, 6.45) is 4.28. The Bertz CT molecular complexity index is 1300. The number of rotatable bonds is 7. The van der Waals surface area contributed by atoms with Crippen LogP contribution < -0.4 is 10.6 Å². The molecule has 32 heavy (non-hydrogen) atoms. The van der Waals surface area contributed by atoms with Crippen molar-refractivity contribution in [2.75, 3.05) is 6.54 Å². The van der Waals surface area contributed by atoms with Gasteiger partial charge in [0.15, 0.2) is 11.4 Å². The molecule has 0 aliphatic rings. The Kier molecular flexibility index (Phi) is 5.99. The molecule has 0 spiro atoms. The maximum atomic E-state index is 12.7. The van der Waals surface area contributed by atoms with Crippen LogP contribution in [0.1, 0.15) is 48.5 Å². The summed E-state index contributed by atoms with van der Waals surface area (Å²) in [4.78, 5) is 50.1. The van der Waals surface area contributed by atoms with Crippen LogP contribution in [0.5, 0.6) is 0 Å². The highest BCUT2D eigenvalue weighted by molar-refractivity contribution is 7.13.